The lowest BCUT2D eigenvalue weighted by atomic mass is 9.69. The summed E-state index contributed by atoms with van der Waals surface area (Å²) in [5.41, 5.74) is 0.464. The van der Waals surface area contributed by atoms with Crippen LogP contribution in [0.25, 0.3) is 0 Å². The minimum atomic E-state index is -0.809. The van der Waals surface area contributed by atoms with Crippen LogP contribution < -0.4 is 4.74 Å². The SMILES string of the molecule is CCCCc1ccc(OC[C@H]2CC[C@H]([C@H]3CC[C@H](CCC)CC3)CC2)c(F)c1F. The number of benzene rings is 1. The van der Waals surface area contributed by atoms with Crippen molar-refractivity contribution < 1.29 is 13.5 Å². The molecule has 0 amide bonds. The van der Waals surface area contributed by atoms with Gasteiger partial charge in [0.1, 0.15) is 0 Å². The monoisotopic (exact) mass is 406 g/mol. The van der Waals surface area contributed by atoms with Crippen molar-refractivity contribution in [2.75, 3.05) is 6.61 Å². The number of aryl methyl sites for hydroxylation is 1. The van der Waals surface area contributed by atoms with Gasteiger partial charge in [0.2, 0.25) is 5.82 Å². The molecule has 1 aromatic carbocycles. The number of unbranched alkanes of at least 4 members (excludes halogenated alkanes) is 1. The van der Waals surface area contributed by atoms with Crippen LogP contribution in [0.3, 0.4) is 0 Å². The summed E-state index contributed by atoms with van der Waals surface area (Å²) >= 11 is 0. The highest BCUT2D eigenvalue weighted by molar-refractivity contribution is 5.31. The highest BCUT2D eigenvalue weighted by atomic mass is 19.2. The van der Waals surface area contributed by atoms with E-state index in [-0.39, 0.29) is 5.75 Å². The maximum Gasteiger partial charge on any atom is 0.200 e. The molecule has 0 atom stereocenters. The van der Waals surface area contributed by atoms with Crippen molar-refractivity contribution in [1.29, 1.82) is 0 Å². The third-order valence-corrected chi connectivity index (χ3v) is 7.55. The summed E-state index contributed by atoms with van der Waals surface area (Å²) in [6, 6.07) is 3.30. The summed E-state index contributed by atoms with van der Waals surface area (Å²) in [6.07, 6.45) is 15.8. The van der Waals surface area contributed by atoms with E-state index in [0.29, 0.717) is 24.5 Å². The number of rotatable bonds is 9. The average Bonchev–Trinajstić information content (AvgIpc) is 2.75. The summed E-state index contributed by atoms with van der Waals surface area (Å²) in [4.78, 5) is 0. The molecule has 29 heavy (non-hydrogen) atoms. The molecule has 0 bridgehead atoms. The molecule has 2 saturated carbocycles. The molecule has 0 N–H and O–H groups in total. The first kappa shape index (κ1) is 22.6. The summed E-state index contributed by atoms with van der Waals surface area (Å²) in [7, 11) is 0. The van der Waals surface area contributed by atoms with Crippen molar-refractivity contribution in [2.24, 2.45) is 23.7 Å². The van der Waals surface area contributed by atoms with Gasteiger partial charge in [-0.3, -0.25) is 0 Å². The molecule has 3 rings (SSSR count). The average molecular weight is 407 g/mol. The minimum Gasteiger partial charge on any atom is -0.490 e. The Balaban J connectivity index is 1.42. The van der Waals surface area contributed by atoms with Crippen molar-refractivity contribution >= 4 is 0 Å². The van der Waals surface area contributed by atoms with Crippen molar-refractivity contribution in [2.45, 2.75) is 97.3 Å². The molecule has 0 aromatic heterocycles. The Hall–Kier alpha value is -1.12. The van der Waals surface area contributed by atoms with E-state index >= 15 is 0 Å². The van der Waals surface area contributed by atoms with Gasteiger partial charge in [0, 0.05) is 0 Å². The summed E-state index contributed by atoms with van der Waals surface area (Å²) < 4.78 is 34.3. The predicted octanol–water partition coefficient (Wildman–Crippen LogP) is 8.10. The van der Waals surface area contributed by atoms with Gasteiger partial charge in [-0.2, -0.15) is 4.39 Å². The van der Waals surface area contributed by atoms with Gasteiger partial charge in [-0.05, 0) is 86.7 Å². The van der Waals surface area contributed by atoms with Crippen molar-refractivity contribution in [3.63, 3.8) is 0 Å². The topological polar surface area (TPSA) is 9.23 Å². The molecule has 164 valence electrons. The maximum atomic E-state index is 14.3. The Labute approximate surface area is 176 Å². The van der Waals surface area contributed by atoms with Crippen LogP contribution in [-0.4, -0.2) is 6.61 Å². The van der Waals surface area contributed by atoms with Crippen LogP contribution in [0.1, 0.15) is 96.5 Å². The van der Waals surface area contributed by atoms with Gasteiger partial charge in [-0.25, -0.2) is 4.39 Å². The summed E-state index contributed by atoms with van der Waals surface area (Å²) in [5.74, 6) is 1.80. The van der Waals surface area contributed by atoms with Gasteiger partial charge in [0.25, 0.3) is 0 Å². The molecular weight excluding hydrogens is 366 g/mol. The molecule has 0 heterocycles. The van der Waals surface area contributed by atoms with Gasteiger partial charge in [-0.15, -0.1) is 0 Å². The molecule has 0 radical (unpaired) electrons. The van der Waals surface area contributed by atoms with E-state index in [9.17, 15) is 8.78 Å². The third kappa shape index (κ3) is 6.18. The lowest BCUT2D eigenvalue weighted by Gasteiger charge is -2.37. The zero-order chi connectivity index (χ0) is 20.6. The largest absolute Gasteiger partial charge is 0.490 e. The summed E-state index contributed by atoms with van der Waals surface area (Å²) in [5, 5.41) is 0. The van der Waals surface area contributed by atoms with Gasteiger partial charge in [0.05, 0.1) is 6.61 Å². The van der Waals surface area contributed by atoms with Crippen LogP contribution in [0.2, 0.25) is 0 Å². The van der Waals surface area contributed by atoms with Crippen LogP contribution in [0, 0.1) is 35.3 Å². The lowest BCUT2D eigenvalue weighted by molar-refractivity contribution is 0.120. The molecule has 1 aromatic rings. The Morgan fingerprint density at radius 2 is 1.41 bits per heavy atom. The van der Waals surface area contributed by atoms with E-state index in [1.807, 2.05) is 0 Å². The third-order valence-electron chi connectivity index (χ3n) is 7.55. The van der Waals surface area contributed by atoms with Crippen LogP contribution in [0.5, 0.6) is 5.75 Å². The van der Waals surface area contributed by atoms with Crippen LogP contribution in [0.15, 0.2) is 12.1 Å². The fraction of sp³-hybridized carbons (Fsp3) is 0.769. The summed E-state index contributed by atoms with van der Waals surface area (Å²) in [6.45, 7) is 4.87. The molecule has 1 nitrogen and oxygen atoms in total. The quantitative estimate of drug-likeness (QED) is 0.402. The van der Waals surface area contributed by atoms with Crippen molar-refractivity contribution in [3.05, 3.63) is 29.3 Å². The highest BCUT2D eigenvalue weighted by Gasteiger charge is 2.31. The zero-order valence-corrected chi connectivity index (χ0v) is 18.5. The van der Waals surface area contributed by atoms with E-state index in [4.69, 9.17) is 4.74 Å². The molecule has 0 aliphatic heterocycles. The molecule has 0 saturated heterocycles. The van der Waals surface area contributed by atoms with E-state index in [0.717, 1.165) is 43.4 Å². The first-order valence-corrected chi connectivity index (χ1v) is 12.2. The predicted molar refractivity (Wildman–Crippen MR) is 116 cm³/mol. The van der Waals surface area contributed by atoms with E-state index < -0.39 is 11.6 Å². The van der Waals surface area contributed by atoms with Crippen LogP contribution in [-0.2, 0) is 6.42 Å². The second-order valence-electron chi connectivity index (χ2n) is 9.62. The molecule has 2 fully saturated rings. The van der Waals surface area contributed by atoms with E-state index in [1.54, 1.807) is 12.1 Å². The Kier molecular flexibility index (Phi) is 8.81. The van der Waals surface area contributed by atoms with Gasteiger partial charge >= 0.3 is 0 Å². The van der Waals surface area contributed by atoms with Gasteiger partial charge in [-0.1, -0.05) is 52.0 Å². The van der Waals surface area contributed by atoms with Crippen LogP contribution >= 0.6 is 0 Å². The second kappa shape index (κ2) is 11.3. The van der Waals surface area contributed by atoms with Crippen molar-refractivity contribution in [1.82, 2.24) is 0 Å². The Morgan fingerprint density at radius 1 is 0.793 bits per heavy atom. The fourth-order valence-electron chi connectivity index (χ4n) is 5.63. The van der Waals surface area contributed by atoms with Gasteiger partial charge < -0.3 is 4.74 Å². The smallest absolute Gasteiger partial charge is 0.200 e. The normalized spacial score (nSPS) is 27.7. The molecule has 2 aliphatic carbocycles. The second-order valence-corrected chi connectivity index (χ2v) is 9.62. The van der Waals surface area contributed by atoms with Crippen molar-refractivity contribution in [3.8, 4) is 5.75 Å². The first-order valence-electron chi connectivity index (χ1n) is 12.2. The lowest BCUT2D eigenvalue weighted by Crippen LogP contribution is -2.27. The fourth-order valence-corrected chi connectivity index (χ4v) is 5.63. The zero-order valence-electron chi connectivity index (χ0n) is 18.5. The van der Waals surface area contributed by atoms with Crippen LogP contribution in [0.4, 0.5) is 8.78 Å². The van der Waals surface area contributed by atoms with E-state index in [2.05, 4.69) is 13.8 Å². The molecule has 0 unspecified atom stereocenters. The molecule has 3 heteroatoms. The first-order chi connectivity index (χ1) is 14.1. The van der Waals surface area contributed by atoms with Gasteiger partial charge in [0.15, 0.2) is 11.6 Å². The number of hydrogen-bond donors (Lipinski definition) is 0. The maximum absolute atomic E-state index is 14.3. The standard InChI is InChI=1S/C26H40F2O/c1-3-5-7-23-16-17-24(26(28)25(23)27)29-18-20-10-14-22(15-11-20)21-12-8-19(6-4-2)9-13-21/h16-17,19-22H,3-15,18H2,1-2H3/t19-,20-,21-,22-. The van der Waals surface area contributed by atoms with E-state index in [1.165, 1.54) is 51.4 Å². The Morgan fingerprint density at radius 3 is 2.00 bits per heavy atom. The molecule has 0 spiro atoms. The number of hydrogen-bond acceptors (Lipinski definition) is 1. The number of ether oxygens (including phenoxy) is 1. The highest BCUT2D eigenvalue weighted by Crippen LogP contribution is 2.42. The minimum absolute atomic E-state index is 0.0825. The molecule has 2 aliphatic rings. The number of halogens is 2. The molecular formula is C26H40F2O. The Bertz CT molecular complexity index is 613.